The maximum absolute atomic E-state index is 13.0. The highest BCUT2D eigenvalue weighted by Gasteiger charge is 2.31. The van der Waals surface area contributed by atoms with Crippen LogP contribution in [-0.2, 0) is 55.3 Å². The molecule has 0 saturated carbocycles. The minimum Gasteiger partial charge on any atom is -0.508 e. The quantitative estimate of drug-likeness (QED) is 0.0671. The maximum atomic E-state index is 13.0. The molecule has 0 aliphatic heterocycles. The number of aromatic hydroxyl groups is 1. The number of alkyl halides is 3. The fourth-order valence-corrected chi connectivity index (χ4v) is 4.76. The molecule has 0 radical (unpaired) electrons. The van der Waals surface area contributed by atoms with Crippen molar-refractivity contribution < 1.29 is 61.0 Å². The van der Waals surface area contributed by atoms with Gasteiger partial charge in [0, 0.05) is 25.1 Å². The molecule has 0 bridgehead atoms. The van der Waals surface area contributed by atoms with Gasteiger partial charge >= 0.3 is 6.18 Å². The summed E-state index contributed by atoms with van der Waals surface area (Å²) in [6.07, 6.45) is -1.93. The van der Waals surface area contributed by atoms with Gasteiger partial charge in [-0.15, -0.1) is 0 Å². The standard InChI is InChI=1S/C37H55F3N2O10S/c1-30-27-32(37(38,39)40)29-33(28-30)42-36(53)41-10-12-46-14-16-48-18-20-50-22-24-52-26-25-51-23-21-49-19-17-47-15-13-45-11-9-34(43)4-2-3-31-5-7-35(44)8-6-31/h5-8,27-29,44H,2-4,9-26H2,1H3,(H2,41,42,53). The lowest BCUT2D eigenvalue weighted by Gasteiger charge is -2.14. The third-order valence-electron chi connectivity index (χ3n) is 7.18. The predicted molar refractivity (Wildman–Crippen MR) is 198 cm³/mol. The molecular weight excluding hydrogens is 721 g/mol. The van der Waals surface area contributed by atoms with Crippen LogP contribution in [-0.4, -0.2) is 128 Å². The van der Waals surface area contributed by atoms with E-state index in [4.69, 9.17) is 50.1 Å². The van der Waals surface area contributed by atoms with Crippen LogP contribution >= 0.6 is 12.2 Å². The molecule has 0 amide bonds. The fourth-order valence-electron chi connectivity index (χ4n) is 4.54. The Bertz CT molecular complexity index is 1260. The summed E-state index contributed by atoms with van der Waals surface area (Å²) in [7, 11) is 0. The zero-order valence-electron chi connectivity index (χ0n) is 30.6. The average Bonchev–Trinajstić information content (AvgIpc) is 3.11. The zero-order chi connectivity index (χ0) is 38.4. The van der Waals surface area contributed by atoms with Crippen molar-refractivity contribution >= 4 is 28.8 Å². The topological polar surface area (TPSA) is 135 Å². The van der Waals surface area contributed by atoms with Crippen LogP contribution in [0.15, 0.2) is 42.5 Å². The van der Waals surface area contributed by atoms with Gasteiger partial charge in [0.15, 0.2) is 5.11 Å². The number of thiocarbonyl (C=S) groups is 1. The van der Waals surface area contributed by atoms with Crippen LogP contribution in [0, 0.1) is 6.92 Å². The number of carbonyl (C=O) groups excluding carboxylic acids is 1. The van der Waals surface area contributed by atoms with Gasteiger partial charge in [-0.05, 0) is 73.4 Å². The summed E-state index contributed by atoms with van der Waals surface area (Å²) < 4.78 is 82.7. The number of halogens is 3. The molecule has 2 aromatic rings. The van der Waals surface area contributed by atoms with Gasteiger partial charge in [-0.1, -0.05) is 12.1 Å². The van der Waals surface area contributed by atoms with Gasteiger partial charge < -0.3 is 53.6 Å². The lowest BCUT2D eigenvalue weighted by molar-refractivity contribution is -0.137. The van der Waals surface area contributed by atoms with E-state index in [0.717, 1.165) is 30.5 Å². The van der Waals surface area contributed by atoms with E-state index >= 15 is 0 Å². The molecule has 0 aliphatic rings. The highest BCUT2D eigenvalue weighted by atomic mass is 32.1. The van der Waals surface area contributed by atoms with Crippen molar-refractivity contribution in [1.82, 2.24) is 5.32 Å². The number of hydrogen-bond acceptors (Lipinski definition) is 11. The minimum absolute atomic E-state index is 0.181. The lowest BCUT2D eigenvalue weighted by atomic mass is 10.1. The number of rotatable bonds is 32. The summed E-state index contributed by atoms with van der Waals surface area (Å²) in [5.41, 5.74) is 1.11. The van der Waals surface area contributed by atoms with E-state index < -0.39 is 11.7 Å². The molecule has 0 unspecified atom stereocenters. The van der Waals surface area contributed by atoms with Gasteiger partial charge in [0.2, 0.25) is 0 Å². The van der Waals surface area contributed by atoms with E-state index in [1.54, 1.807) is 25.1 Å². The van der Waals surface area contributed by atoms with Gasteiger partial charge in [-0.25, -0.2) is 0 Å². The Balaban J connectivity index is 1.22. The largest absolute Gasteiger partial charge is 0.508 e. The first-order valence-corrected chi connectivity index (χ1v) is 18.2. The van der Waals surface area contributed by atoms with Crippen molar-refractivity contribution in [3.05, 3.63) is 59.2 Å². The summed E-state index contributed by atoms with van der Waals surface area (Å²) in [6, 6.07) is 10.7. The number of ketones is 1. The molecule has 0 spiro atoms. The van der Waals surface area contributed by atoms with Crippen LogP contribution < -0.4 is 10.6 Å². The number of anilines is 1. The molecule has 0 aromatic heterocycles. The number of hydrogen-bond donors (Lipinski definition) is 3. The van der Waals surface area contributed by atoms with Crippen molar-refractivity contribution in [3.63, 3.8) is 0 Å². The molecule has 0 aliphatic carbocycles. The summed E-state index contributed by atoms with van der Waals surface area (Å²) in [5.74, 6) is 0.423. The SMILES string of the molecule is Cc1cc(NC(=S)NCCOCCOCCOCCOCCOCCOCCOCCOCCC(=O)CCCc2ccc(O)cc2)cc(C(F)(F)F)c1. The summed E-state index contributed by atoms with van der Waals surface area (Å²) >= 11 is 5.14. The van der Waals surface area contributed by atoms with Crippen molar-refractivity contribution in [2.45, 2.75) is 38.8 Å². The molecule has 16 heteroatoms. The van der Waals surface area contributed by atoms with E-state index in [0.29, 0.717) is 131 Å². The van der Waals surface area contributed by atoms with Gasteiger partial charge in [-0.2, -0.15) is 13.2 Å². The molecular formula is C37H55F3N2O10S. The van der Waals surface area contributed by atoms with Crippen LogP contribution in [0.1, 0.15) is 36.0 Å². The lowest BCUT2D eigenvalue weighted by Crippen LogP contribution is -2.31. The van der Waals surface area contributed by atoms with Gasteiger partial charge in [0.25, 0.3) is 0 Å². The molecule has 0 heterocycles. The molecule has 0 fully saturated rings. The number of phenols is 1. The Kier molecular flexibility index (Phi) is 25.7. The summed E-state index contributed by atoms with van der Waals surface area (Å²) in [6.45, 7) is 8.80. The Labute approximate surface area is 315 Å². The molecule has 2 rings (SSSR count). The van der Waals surface area contributed by atoms with Crippen LogP contribution in [0.3, 0.4) is 0 Å². The van der Waals surface area contributed by atoms with Crippen molar-refractivity contribution in [2.75, 3.05) is 118 Å². The van der Waals surface area contributed by atoms with Crippen molar-refractivity contribution in [1.29, 1.82) is 0 Å². The average molecular weight is 777 g/mol. The van der Waals surface area contributed by atoms with E-state index in [1.165, 1.54) is 0 Å². The highest BCUT2D eigenvalue weighted by Crippen LogP contribution is 2.31. The molecule has 0 saturated heterocycles. The van der Waals surface area contributed by atoms with E-state index in [9.17, 15) is 23.1 Å². The third-order valence-corrected chi connectivity index (χ3v) is 7.43. The normalized spacial score (nSPS) is 11.5. The first kappa shape index (κ1) is 46.2. The number of benzene rings is 2. The molecule has 3 N–H and O–H groups in total. The van der Waals surface area contributed by atoms with Gasteiger partial charge in [0.05, 0.1) is 111 Å². The molecule has 0 atom stereocenters. The second-order valence-corrected chi connectivity index (χ2v) is 12.1. The van der Waals surface area contributed by atoms with Crippen LogP contribution in [0.4, 0.5) is 18.9 Å². The van der Waals surface area contributed by atoms with Crippen LogP contribution in [0.2, 0.25) is 0 Å². The van der Waals surface area contributed by atoms with E-state index in [2.05, 4.69) is 10.6 Å². The van der Waals surface area contributed by atoms with Gasteiger partial charge in [-0.3, -0.25) is 4.79 Å². The molecule has 2 aromatic carbocycles. The Hall–Kier alpha value is -2.93. The van der Waals surface area contributed by atoms with E-state index in [1.807, 2.05) is 12.1 Å². The first-order chi connectivity index (χ1) is 25.6. The van der Waals surface area contributed by atoms with Gasteiger partial charge in [0.1, 0.15) is 11.5 Å². The fraction of sp³-hybridized carbons (Fsp3) is 0.622. The smallest absolute Gasteiger partial charge is 0.416 e. The summed E-state index contributed by atoms with van der Waals surface area (Å²) in [4.78, 5) is 12.0. The molecule has 53 heavy (non-hydrogen) atoms. The minimum atomic E-state index is -4.43. The van der Waals surface area contributed by atoms with Crippen molar-refractivity contribution in [3.8, 4) is 5.75 Å². The number of phenolic OH excluding ortho intramolecular Hbond substituents is 1. The summed E-state index contributed by atoms with van der Waals surface area (Å²) in [5, 5.41) is 15.2. The van der Waals surface area contributed by atoms with Crippen LogP contribution in [0.5, 0.6) is 5.75 Å². The number of Topliss-reactive ketones (excluding diaryl/α,β-unsaturated/α-hetero) is 1. The van der Waals surface area contributed by atoms with Crippen molar-refractivity contribution in [2.24, 2.45) is 0 Å². The van der Waals surface area contributed by atoms with Crippen LogP contribution in [0.25, 0.3) is 0 Å². The predicted octanol–water partition coefficient (Wildman–Crippen LogP) is 5.12. The zero-order valence-corrected chi connectivity index (χ0v) is 31.4. The maximum Gasteiger partial charge on any atom is 0.416 e. The number of ether oxygens (including phenoxy) is 8. The number of aryl methyl sites for hydroxylation is 2. The second-order valence-electron chi connectivity index (χ2n) is 11.7. The monoisotopic (exact) mass is 776 g/mol. The third kappa shape index (κ3) is 25.7. The van der Waals surface area contributed by atoms with E-state index in [-0.39, 0.29) is 22.3 Å². The molecule has 300 valence electrons. The molecule has 12 nitrogen and oxygen atoms in total. The number of nitrogens with one attached hydrogen (secondary N) is 2. The number of carbonyl (C=O) groups is 1. The Morgan fingerprint density at radius 1 is 0.660 bits per heavy atom. The Morgan fingerprint density at radius 2 is 1.11 bits per heavy atom. The highest BCUT2D eigenvalue weighted by molar-refractivity contribution is 7.80. The Morgan fingerprint density at radius 3 is 1.58 bits per heavy atom. The first-order valence-electron chi connectivity index (χ1n) is 17.8. The second kappa shape index (κ2) is 29.4.